The van der Waals surface area contributed by atoms with Crippen LogP contribution in [0.3, 0.4) is 0 Å². The molecule has 1 aliphatic rings. The average molecular weight is 279 g/mol. The molecule has 0 aromatic carbocycles. The van der Waals surface area contributed by atoms with Crippen LogP contribution in [-0.2, 0) is 4.74 Å². The van der Waals surface area contributed by atoms with Gasteiger partial charge in [-0.25, -0.2) is 9.97 Å². The first-order valence-corrected chi connectivity index (χ1v) is 7.20. The topological polar surface area (TPSA) is 58.5 Å². The van der Waals surface area contributed by atoms with Crippen molar-refractivity contribution in [1.82, 2.24) is 9.97 Å². The summed E-state index contributed by atoms with van der Waals surface area (Å²) in [6, 6.07) is 0. The fourth-order valence-electron chi connectivity index (χ4n) is 2.43. The Hall–Kier alpha value is -1.24. The Morgan fingerprint density at radius 2 is 2.32 bits per heavy atom. The second-order valence-corrected chi connectivity index (χ2v) is 5.99. The number of hydrogen-bond acceptors (Lipinski definition) is 6. The van der Waals surface area contributed by atoms with Gasteiger partial charge in [-0.1, -0.05) is 0 Å². The van der Waals surface area contributed by atoms with Crippen LogP contribution in [0, 0.1) is 13.8 Å². The Balaban J connectivity index is 2.04. The summed E-state index contributed by atoms with van der Waals surface area (Å²) in [5.41, 5.74) is 1.25. The third-order valence-electron chi connectivity index (χ3n) is 3.59. The lowest BCUT2D eigenvalue weighted by Crippen LogP contribution is -2.44. The van der Waals surface area contributed by atoms with Gasteiger partial charge in [0.25, 0.3) is 0 Å². The third-order valence-corrected chi connectivity index (χ3v) is 4.70. The number of morpholine rings is 1. The van der Waals surface area contributed by atoms with Crippen molar-refractivity contribution in [2.24, 2.45) is 0 Å². The lowest BCUT2D eigenvalue weighted by atomic mass is 10.2. The molecule has 6 heteroatoms. The van der Waals surface area contributed by atoms with E-state index in [0.717, 1.165) is 22.6 Å². The maximum Gasteiger partial charge on any atom is 0.141 e. The smallest absolute Gasteiger partial charge is 0.141 e. The van der Waals surface area contributed by atoms with Gasteiger partial charge in [-0.2, -0.15) is 0 Å². The number of aromatic nitrogens is 2. The first kappa shape index (κ1) is 12.8. The van der Waals surface area contributed by atoms with E-state index in [4.69, 9.17) is 4.74 Å². The van der Waals surface area contributed by atoms with Crippen molar-refractivity contribution in [2.45, 2.75) is 20.0 Å². The van der Waals surface area contributed by atoms with Gasteiger partial charge in [-0.3, -0.25) is 0 Å². The van der Waals surface area contributed by atoms with E-state index >= 15 is 0 Å². The summed E-state index contributed by atoms with van der Waals surface area (Å²) in [6.07, 6.45) is 1.50. The molecular formula is C13H17N3O2S. The zero-order valence-electron chi connectivity index (χ0n) is 11.1. The van der Waals surface area contributed by atoms with Crippen molar-refractivity contribution in [3.8, 4) is 0 Å². The zero-order chi connectivity index (χ0) is 13.4. The van der Waals surface area contributed by atoms with Crippen molar-refractivity contribution in [3.05, 3.63) is 16.8 Å². The van der Waals surface area contributed by atoms with Crippen LogP contribution in [0.2, 0.25) is 0 Å². The average Bonchev–Trinajstić information content (AvgIpc) is 2.74. The van der Waals surface area contributed by atoms with Crippen LogP contribution in [0.15, 0.2) is 6.33 Å². The molecule has 102 valence electrons. The summed E-state index contributed by atoms with van der Waals surface area (Å²) in [7, 11) is 0. The van der Waals surface area contributed by atoms with Crippen LogP contribution in [0.25, 0.3) is 10.2 Å². The quantitative estimate of drug-likeness (QED) is 0.903. The molecule has 3 heterocycles. The van der Waals surface area contributed by atoms with Gasteiger partial charge in [0.05, 0.1) is 24.7 Å². The predicted octanol–water partition coefficient (Wildman–Crippen LogP) is 1.51. The number of aliphatic hydroxyl groups is 1. The second kappa shape index (κ2) is 5.03. The summed E-state index contributed by atoms with van der Waals surface area (Å²) in [6.45, 7) is 6.38. The van der Waals surface area contributed by atoms with Gasteiger partial charge in [0.15, 0.2) is 0 Å². The van der Waals surface area contributed by atoms with E-state index in [0.29, 0.717) is 13.2 Å². The van der Waals surface area contributed by atoms with E-state index in [2.05, 4.69) is 28.7 Å². The maximum atomic E-state index is 9.25. The molecule has 0 amide bonds. The van der Waals surface area contributed by atoms with Crippen LogP contribution >= 0.6 is 11.3 Å². The lowest BCUT2D eigenvalue weighted by molar-refractivity contribution is 0.00343. The van der Waals surface area contributed by atoms with E-state index in [1.165, 1.54) is 10.4 Å². The van der Waals surface area contributed by atoms with Crippen LogP contribution < -0.4 is 4.90 Å². The molecule has 0 radical (unpaired) electrons. The minimum absolute atomic E-state index is 0.0480. The molecule has 2 aromatic rings. The van der Waals surface area contributed by atoms with Crippen molar-refractivity contribution < 1.29 is 9.84 Å². The lowest BCUT2D eigenvalue weighted by Gasteiger charge is -2.33. The summed E-state index contributed by atoms with van der Waals surface area (Å²) < 4.78 is 5.49. The number of aliphatic hydroxyl groups excluding tert-OH is 1. The zero-order valence-corrected chi connectivity index (χ0v) is 11.9. The standard InChI is InChI=1S/C13H17N3O2S/c1-8-9(2)19-13-11(8)12(14-7-15-13)16-3-4-18-10(5-16)6-17/h7,10,17H,3-6H2,1-2H3. The molecule has 19 heavy (non-hydrogen) atoms. The highest BCUT2D eigenvalue weighted by molar-refractivity contribution is 7.18. The molecule has 0 bridgehead atoms. The SMILES string of the molecule is Cc1sc2ncnc(N3CCOC(CO)C3)c2c1C. The first-order chi connectivity index (χ1) is 9.20. The number of fused-ring (bicyclic) bond motifs is 1. The minimum Gasteiger partial charge on any atom is -0.394 e. The summed E-state index contributed by atoms with van der Waals surface area (Å²) in [5, 5.41) is 10.4. The molecule has 1 fully saturated rings. The van der Waals surface area contributed by atoms with Gasteiger partial charge in [0.1, 0.15) is 17.0 Å². The molecule has 1 atom stereocenters. The highest BCUT2D eigenvalue weighted by Crippen LogP contribution is 2.34. The van der Waals surface area contributed by atoms with Gasteiger partial charge in [0.2, 0.25) is 0 Å². The van der Waals surface area contributed by atoms with Crippen LogP contribution in [-0.4, -0.2) is 47.5 Å². The number of rotatable bonds is 2. The molecule has 1 aliphatic heterocycles. The number of hydrogen-bond donors (Lipinski definition) is 1. The normalized spacial score (nSPS) is 20.2. The van der Waals surface area contributed by atoms with Gasteiger partial charge in [-0.15, -0.1) is 11.3 Å². The summed E-state index contributed by atoms with van der Waals surface area (Å²) >= 11 is 1.71. The molecular weight excluding hydrogens is 262 g/mol. The summed E-state index contributed by atoms with van der Waals surface area (Å²) in [5.74, 6) is 0.966. The van der Waals surface area contributed by atoms with E-state index in [9.17, 15) is 5.11 Å². The Kier molecular flexibility index (Phi) is 3.38. The Labute approximate surface area is 115 Å². The van der Waals surface area contributed by atoms with E-state index in [1.54, 1.807) is 17.7 Å². The fraction of sp³-hybridized carbons (Fsp3) is 0.538. The van der Waals surface area contributed by atoms with Crippen molar-refractivity contribution in [2.75, 3.05) is 31.2 Å². The predicted molar refractivity (Wildman–Crippen MR) is 75.9 cm³/mol. The molecule has 0 spiro atoms. The Morgan fingerprint density at radius 3 is 3.11 bits per heavy atom. The highest BCUT2D eigenvalue weighted by atomic mass is 32.1. The van der Waals surface area contributed by atoms with E-state index < -0.39 is 0 Å². The summed E-state index contributed by atoms with van der Waals surface area (Å²) in [4.78, 5) is 13.3. The van der Waals surface area contributed by atoms with Gasteiger partial charge in [-0.05, 0) is 19.4 Å². The largest absolute Gasteiger partial charge is 0.394 e. The molecule has 1 unspecified atom stereocenters. The van der Waals surface area contributed by atoms with E-state index in [-0.39, 0.29) is 12.7 Å². The number of aryl methyl sites for hydroxylation is 2. The molecule has 1 N–H and O–H groups in total. The van der Waals surface area contributed by atoms with Gasteiger partial charge >= 0.3 is 0 Å². The van der Waals surface area contributed by atoms with Gasteiger partial charge in [0, 0.05) is 18.0 Å². The molecule has 2 aromatic heterocycles. The molecule has 1 saturated heterocycles. The monoisotopic (exact) mass is 279 g/mol. The Bertz CT molecular complexity index is 599. The van der Waals surface area contributed by atoms with Crippen molar-refractivity contribution in [3.63, 3.8) is 0 Å². The minimum atomic E-state index is -0.126. The van der Waals surface area contributed by atoms with Gasteiger partial charge < -0.3 is 14.7 Å². The number of anilines is 1. The van der Waals surface area contributed by atoms with E-state index in [1.807, 2.05) is 0 Å². The maximum absolute atomic E-state index is 9.25. The van der Waals surface area contributed by atoms with Crippen molar-refractivity contribution in [1.29, 1.82) is 0 Å². The number of ether oxygens (including phenoxy) is 1. The third kappa shape index (κ3) is 2.20. The highest BCUT2D eigenvalue weighted by Gasteiger charge is 2.23. The molecule has 0 aliphatic carbocycles. The molecule has 3 rings (SSSR count). The molecule has 0 saturated carbocycles. The number of nitrogens with zero attached hydrogens (tertiary/aromatic N) is 3. The van der Waals surface area contributed by atoms with Crippen LogP contribution in [0.4, 0.5) is 5.82 Å². The number of thiophene rings is 1. The van der Waals surface area contributed by atoms with Crippen molar-refractivity contribution >= 4 is 27.4 Å². The van der Waals surface area contributed by atoms with Crippen LogP contribution in [0.1, 0.15) is 10.4 Å². The fourth-order valence-corrected chi connectivity index (χ4v) is 3.42. The Morgan fingerprint density at radius 1 is 1.47 bits per heavy atom. The second-order valence-electron chi connectivity index (χ2n) is 4.78. The molecule has 5 nitrogen and oxygen atoms in total. The first-order valence-electron chi connectivity index (χ1n) is 6.39. The van der Waals surface area contributed by atoms with Crippen LogP contribution in [0.5, 0.6) is 0 Å².